The maximum Gasteiger partial charge on any atom is 0.265 e. The van der Waals surface area contributed by atoms with Crippen LogP contribution in [0.3, 0.4) is 0 Å². The number of methoxy groups -OCH3 is 1. The van der Waals surface area contributed by atoms with Crippen molar-refractivity contribution in [3.63, 3.8) is 0 Å². The summed E-state index contributed by atoms with van der Waals surface area (Å²) in [6, 6.07) is 21.4. The van der Waals surface area contributed by atoms with Crippen LogP contribution in [0.15, 0.2) is 82.7 Å². The van der Waals surface area contributed by atoms with E-state index in [-0.39, 0.29) is 18.0 Å². The van der Waals surface area contributed by atoms with Crippen molar-refractivity contribution in [2.24, 2.45) is 5.10 Å². The van der Waals surface area contributed by atoms with Gasteiger partial charge in [0.2, 0.25) is 5.88 Å². The third kappa shape index (κ3) is 4.61. The second-order valence-electron chi connectivity index (χ2n) is 7.61. The number of fused-ring (bicyclic) bond motifs is 1. The first-order valence-corrected chi connectivity index (χ1v) is 10.6. The molecule has 0 aliphatic rings. The Hall–Kier alpha value is -4.59. The number of hydrazone groups is 1. The van der Waals surface area contributed by atoms with E-state index in [9.17, 15) is 14.7 Å². The monoisotopic (exact) mass is 456 g/mol. The number of ether oxygens (including phenoxy) is 1. The summed E-state index contributed by atoms with van der Waals surface area (Å²) < 4.78 is 6.49. The third-order valence-electron chi connectivity index (χ3n) is 5.32. The molecule has 0 aliphatic heterocycles. The SMILES string of the molecule is COc1ccccc1NCC(=O)N/N=C/c1c(O)n(-c2ccc(C)cc2)c(=O)c2ccccc12. The van der Waals surface area contributed by atoms with Gasteiger partial charge in [-0.2, -0.15) is 5.10 Å². The number of carbonyl (C=O) groups excluding carboxylic acids is 1. The molecule has 3 aromatic carbocycles. The molecule has 0 fully saturated rings. The molecular formula is C26H24N4O4. The lowest BCUT2D eigenvalue weighted by Gasteiger charge is -2.14. The number of hydrogen-bond donors (Lipinski definition) is 3. The second-order valence-corrected chi connectivity index (χ2v) is 7.61. The Kier molecular flexibility index (Phi) is 6.59. The van der Waals surface area contributed by atoms with E-state index in [2.05, 4.69) is 15.8 Å². The van der Waals surface area contributed by atoms with Gasteiger partial charge in [-0.15, -0.1) is 0 Å². The molecule has 0 unspecified atom stereocenters. The molecule has 4 aromatic rings. The summed E-state index contributed by atoms with van der Waals surface area (Å²) in [5.74, 6) is -0.0379. The molecule has 1 amide bonds. The van der Waals surface area contributed by atoms with Gasteiger partial charge in [-0.25, -0.2) is 9.99 Å². The van der Waals surface area contributed by atoms with Gasteiger partial charge in [0.25, 0.3) is 11.5 Å². The Morgan fingerprint density at radius 2 is 1.71 bits per heavy atom. The molecule has 34 heavy (non-hydrogen) atoms. The number of amides is 1. The molecule has 8 heteroatoms. The molecule has 0 radical (unpaired) electrons. The average Bonchev–Trinajstić information content (AvgIpc) is 2.86. The number of nitrogens with zero attached hydrogens (tertiary/aromatic N) is 2. The number of carbonyl (C=O) groups is 1. The van der Waals surface area contributed by atoms with Crippen molar-refractivity contribution in [2.45, 2.75) is 6.92 Å². The zero-order valence-electron chi connectivity index (χ0n) is 18.8. The molecule has 172 valence electrons. The number of rotatable bonds is 7. The first-order chi connectivity index (χ1) is 16.5. The van der Waals surface area contributed by atoms with Crippen LogP contribution in [0.2, 0.25) is 0 Å². The van der Waals surface area contributed by atoms with Gasteiger partial charge in [0.1, 0.15) is 5.75 Å². The number of nitrogens with one attached hydrogen (secondary N) is 2. The van der Waals surface area contributed by atoms with E-state index in [0.29, 0.717) is 33.5 Å². The van der Waals surface area contributed by atoms with Crippen molar-refractivity contribution in [1.29, 1.82) is 0 Å². The lowest BCUT2D eigenvalue weighted by atomic mass is 10.1. The number of para-hydroxylation sites is 2. The van der Waals surface area contributed by atoms with Crippen LogP contribution in [0.1, 0.15) is 11.1 Å². The fourth-order valence-corrected chi connectivity index (χ4v) is 3.60. The van der Waals surface area contributed by atoms with E-state index in [1.807, 2.05) is 31.2 Å². The first-order valence-electron chi connectivity index (χ1n) is 10.6. The smallest absolute Gasteiger partial charge is 0.265 e. The number of aromatic hydroxyl groups is 1. The fraction of sp³-hybridized carbons (Fsp3) is 0.115. The standard InChI is InChI=1S/C26H24N4O4/c1-17-11-13-18(14-12-17)30-25(32)20-8-4-3-7-19(20)21(26(30)33)15-28-29-24(31)16-27-22-9-5-6-10-23(22)34-2/h3-15,27,33H,16H2,1-2H3,(H,29,31)/b28-15+. The number of pyridine rings is 1. The van der Waals surface area contributed by atoms with Gasteiger partial charge in [0.15, 0.2) is 0 Å². The Morgan fingerprint density at radius 3 is 2.44 bits per heavy atom. The van der Waals surface area contributed by atoms with E-state index in [1.165, 1.54) is 10.8 Å². The van der Waals surface area contributed by atoms with Crippen LogP contribution in [-0.4, -0.2) is 35.4 Å². The molecule has 0 atom stereocenters. The van der Waals surface area contributed by atoms with Crippen molar-refractivity contribution in [3.8, 4) is 17.3 Å². The maximum absolute atomic E-state index is 13.1. The van der Waals surface area contributed by atoms with E-state index >= 15 is 0 Å². The summed E-state index contributed by atoms with van der Waals surface area (Å²) in [6.45, 7) is 1.91. The Bertz CT molecular complexity index is 1430. The number of aromatic nitrogens is 1. The van der Waals surface area contributed by atoms with Gasteiger partial charge in [0, 0.05) is 10.8 Å². The topological polar surface area (TPSA) is 105 Å². The highest BCUT2D eigenvalue weighted by molar-refractivity contribution is 6.02. The zero-order chi connectivity index (χ0) is 24.1. The van der Waals surface area contributed by atoms with Gasteiger partial charge in [-0.1, -0.05) is 48.0 Å². The zero-order valence-corrected chi connectivity index (χ0v) is 18.8. The molecule has 0 bridgehead atoms. The van der Waals surface area contributed by atoms with E-state index in [4.69, 9.17) is 4.74 Å². The first kappa shape index (κ1) is 22.6. The summed E-state index contributed by atoms with van der Waals surface area (Å²) in [6.07, 6.45) is 1.34. The highest BCUT2D eigenvalue weighted by Crippen LogP contribution is 2.26. The van der Waals surface area contributed by atoms with Crippen LogP contribution in [0.5, 0.6) is 11.6 Å². The van der Waals surface area contributed by atoms with Crippen LogP contribution in [0.4, 0.5) is 5.69 Å². The molecule has 8 nitrogen and oxygen atoms in total. The Balaban J connectivity index is 1.60. The van der Waals surface area contributed by atoms with Crippen molar-refractivity contribution >= 4 is 28.6 Å². The molecular weight excluding hydrogens is 432 g/mol. The van der Waals surface area contributed by atoms with Crippen LogP contribution < -0.4 is 21.0 Å². The minimum absolute atomic E-state index is 0.0344. The Morgan fingerprint density at radius 1 is 1.03 bits per heavy atom. The maximum atomic E-state index is 13.1. The molecule has 3 N–H and O–H groups in total. The van der Waals surface area contributed by atoms with Crippen molar-refractivity contribution in [1.82, 2.24) is 9.99 Å². The largest absolute Gasteiger partial charge is 0.495 e. The predicted octanol–water partition coefficient (Wildman–Crippen LogP) is 3.58. The van der Waals surface area contributed by atoms with Gasteiger partial charge in [-0.3, -0.25) is 9.59 Å². The summed E-state index contributed by atoms with van der Waals surface area (Å²) >= 11 is 0. The van der Waals surface area contributed by atoms with Crippen molar-refractivity contribution in [3.05, 3.63) is 94.3 Å². The molecule has 4 rings (SSSR count). The lowest BCUT2D eigenvalue weighted by molar-refractivity contribution is -0.119. The van der Waals surface area contributed by atoms with E-state index in [1.54, 1.807) is 55.6 Å². The van der Waals surface area contributed by atoms with Gasteiger partial charge < -0.3 is 15.2 Å². The molecule has 0 saturated heterocycles. The average molecular weight is 457 g/mol. The van der Waals surface area contributed by atoms with E-state index in [0.717, 1.165) is 5.56 Å². The lowest BCUT2D eigenvalue weighted by Crippen LogP contribution is -2.26. The number of anilines is 1. The molecule has 1 aromatic heterocycles. The van der Waals surface area contributed by atoms with Gasteiger partial charge in [0.05, 0.1) is 36.8 Å². The summed E-state index contributed by atoms with van der Waals surface area (Å²) in [5, 5.41) is 19.0. The number of hydrogen-bond acceptors (Lipinski definition) is 6. The minimum atomic E-state index is -0.391. The van der Waals surface area contributed by atoms with E-state index < -0.39 is 5.91 Å². The van der Waals surface area contributed by atoms with Crippen LogP contribution in [-0.2, 0) is 4.79 Å². The predicted molar refractivity (Wildman–Crippen MR) is 133 cm³/mol. The quantitative estimate of drug-likeness (QED) is 0.291. The summed E-state index contributed by atoms with van der Waals surface area (Å²) in [5.41, 5.74) is 4.64. The molecule has 1 heterocycles. The van der Waals surface area contributed by atoms with Crippen LogP contribution >= 0.6 is 0 Å². The van der Waals surface area contributed by atoms with Crippen LogP contribution in [0, 0.1) is 6.92 Å². The minimum Gasteiger partial charge on any atom is -0.495 e. The molecule has 0 spiro atoms. The van der Waals surface area contributed by atoms with Crippen molar-refractivity contribution in [2.75, 3.05) is 19.0 Å². The fourth-order valence-electron chi connectivity index (χ4n) is 3.60. The normalized spacial score (nSPS) is 11.0. The highest BCUT2D eigenvalue weighted by atomic mass is 16.5. The summed E-state index contributed by atoms with van der Waals surface area (Å²) in [4.78, 5) is 25.4. The third-order valence-corrected chi connectivity index (χ3v) is 5.32. The van der Waals surface area contributed by atoms with Gasteiger partial charge >= 0.3 is 0 Å². The second kappa shape index (κ2) is 9.91. The van der Waals surface area contributed by atoms with Gasteiger partial charge in [-0.05, 0) is 37.3 Å². The van der Waals surface area contributed by atoms with Crippen molar-refractivity contribution < 1.29 is 14.6 Å². The highest BCUT2D eigenvalue weighted by Gasteiger charge is 2.16. The van der Waals surface area contributed by atoms with Crippen LogP contribution in [0.25, 0.3) is 16.5 Å². The number of aryl methyl sites for hydroxylation is 1. The summed E-state index contributed by atoms with van der Waals surface area (Å²) in [7, 11) is 1.55. The molecule has 0 aliphatic carbocycles. The molecule has 0 saturated carbocycles. The Labute approximate surface area is 196 Å². The number of benzene rings is 3.